The zero-order valence-corrected chi connectivity index (χ0v) is 17.2. The molecule has 6 heteroatoms. The van der Waals surface area contributed by atoms with Crippen LogP contribution < -0.4 is 15.4 Å². The summed E-state index contributed by atoms with van der Waals surface area (Å²) in [5, 5.41) is 6.56. The third-order valence-corrected chi connectivity index (χ3v) is 3.51. The van der Waals surface area contributed by atoms with Gasteiger partial charge in [0.25, 0.3) is 0 Å². The van der Waals surface area contributed by atoms with Gasteiger partial charge in [-0.1, -0.05) is 31.5 Å². The van der Waals surface area contributed by atoms with Crippen molar-refractivity contribution in [3.8, 4) is 5.75 Å². The Balaban J connectivity index is 0.00000312. The van der Waals surface area contributed by atoms with Crippen LogP contribution in [0.3, 0.4) is 0 Å². The first kappa shape index (κ1) is 21.2. The number of pyridine rings is 1. The maximum atomic E-state index is 5.74. The molecule has 136 valence electrons. The minimum absolute atomic E-state index is 0. The van der Waals surface area contributed by atoms with Crippen LogP contribution in [-0.4, -0.2) is 24.6 Å². The van der Waals surface area contributed by atoms with Gasteiger partial charge < -0.3 is 15.4 Å². The summed E-state index contributed by atoms with van der Waals surface area (Å²) in [6, 6.07) is 14.0. The minimum Gasteiger partial charge on any atom is -0.494 e. The molecule has 0 saturated heterocycles. The Morgan fingerprint density at radius 2 is 1.96 bits per heavy atom. The van der Waals surface area contributed by atoms with Gasteiger partial charge >= 0.3 is 0 Å². The predicted octanol–water partition coefficient (Wildman–Crippen LogP) is 3.74. The number of nitrogens with one attached hydrogen (secondary N) is 2. The quantitative estimate of drug-likeness (QED) is 0.276. The largest absolute Gasteiger partial charge is 0.494 e. The second kappa shape index (κ2) is 12.5. The van der Waals surface area contributed by atoms with Gasteiger partial charge in [0.05, 0.1) is 18.8 Å². The Morgan fingerprint density at radius 3 is 2.68 bits per heavy atom. The van der Waals surface area contributed by atoms with Gasteiger partial charge in [0.2, 0.25) is 0 Å². The van der Waals surface area contributed by atoms with Gasteiger partial charge in [-0.3, -0.25) is 9.98 Å². The molecule has 0 aliphatic rings. The second-order valence-corrected chi connectivity index (χ2v) is 5.45. The van der Waals surface area contributed by atoms with Crippen LogP contribution in [0, 0.1) is 0 Å². The first-order valence-corrected chi connectivity index (χ1v) is 8.38. The van der Waals surface area contributed by atoms with E-state index in [1.807, 2.05) is 30.3 Å². The highest BCUT2D eigenvalue weighted by Gasteiger charge is 2.01. The van der Waals surface area contributed by atoms with Crippen LogP contribution in [0.15, 0.2) is 53.7 Å². The van der Waals surface area contributed by atoms with E-state index >= 15 is 0 Å². The fourth-order valence-electron chi connectivity index (χ4n) is 2.16. The second-order valence-electron chi connectivity index (χ2n) is 5.45. The van der Waals surface area contributed by atoms with Gasteiger partial charge in [-0.05, 0) is 36.2 Å². The van der Waals surface area contributed by atoms with Crippen molar-refractivity contribution in [2.75, 3.05) is 13.7 Å². The molecule has 1 aromatic carbocycles. The highest BCUT2D eigenvalue weighted by Crippen LogP contribution is 2.13. The highest BCUT2D eigenvalue weighted by atomic mass is 127. The summed E-state index contributed by atoms with van der Waals surface area (Å²) in [5.74, 6) is 1.66. The molecule has 2 aromatic rings. The van der Waals surface area contributed by atoms with Crippen molar-refractivity contribution >= 4 is 29.9 Å². The van der Waals surface area contributed by atoms with Gasteiger partial charge in [0.15, 0.2) is 5.96 Å². The molecule has 0 aliphatic carbocycles. The van der Waals surface area contributed by atoms with Gasteiger partial charge in [0, 0.05) is 19.8 Å². The number of aliphatic imine (C=N–C) groups is 1. The number of guanidine groups is 1. The zero-order chi connectivity index (χ0) is 17.0. The van der Waals surface area contributed by atoms with Crippen molar-refractivity contribution in [1.29, 1.82) is 0 Å². The van der Waals surface area contributed by atoms with Crippen molar-refractivity contribution in [2.24, 2.45) is 4.99 Å². The number of aromatic nitrogens is 1. The highest BCUT2D eigenvalue weighted by molar-refractivity contribution is 14.0. The van der Waals surface area contributed by atoms with E-state index in [0.29, 0.717) is 13.1 Å². The lowest BCUT2D eigenvalue weighted by Crippen LogP contribution is -2.36. The molecule has 1 aromatic heterocycles. The SMILES string of the molecule is CCCCOc1cccc(CNC(=NC)NCc2ccccn2)c1.I. The molecule has 0 bridgehead atoms. The maximum Gasteiger partial charge on any atom is 0.191 e. The lowest BCUT2D eigenvalue weighted by molar-refractivity contribution is 0.309. The van der Waals surface area contributed by atoms with E-state index in [1.54, 1.807) is 13.2 Å². The molecule has 0 fully saturated rings. The molecule has 0 radical (unpaired) electrons. The lowest BCUT2D eigenvalue weighted by atomic mass is 10.2. The molecule has 0 atom stereocenters. The van der Waals surface area contributed by atoms with E-state index in [1.165, 1.54) is 0 Å². The molecule has 5 nitrogen and oxygen atoms in total. The predicted molar refractivity (Wildman–Crippen MR) is 114 cm³/mol. The van der Waals surface area contributed by atoms with E-state index < -0.39 is 0 Å². The number of unbranched alkanes of at least 4 members (excludes halogenated alkanes) is 1. The molecule has 2 N–H and O–H groups in total. The van der Waals surface area contributed by atoms with E-state index in [4.69, 9.17) is 4.74 Å². The Hall–Kier alpha value is -1.83. The molecular weight excluding hydrogens is 427 g/mol. The van der Waals surface area contributed by atoms with Gasteiger partial charge in [-0.2, -0.15) is 0 Å². The van der Waals surface area contributed by atoms with E-state index in [2.05, 4.69) is 39.7 Å². The van der Waals surface area contributed by atoms with Gasteiger partial charge in [0.1, 0.15) is 5.75 Å². The van der Waals surface area contributed by atoms with Crippen LogP contribution >= 0.6 is 24.0 Å². The summed E-state index contributed by atoms with van der Waals surface area (Å²) in [7, 11) is 1.76. The summed E-state index contributed by atoms with van der Waals surface area (Å²) in [4.78, 5) is 8.53. The standard InChI is InChI=1S/C19H26N4O.HI/c1-3-4-12-24-18-10-7-8-16(13-18)14-22-19(20-2)23-15-17-9-5-6-11-21-17;/h5-11,13H,3-4,12,14-15H2,1-2H3,(H2,20,22,23);1H. The average Bonchev–Trinajstić information content (AvgIpc) is 2.63. The smallest absolute Gasteiger partial charge is 0.191 e. The molecule has 25 heavy (non-hydrogen) atoms. The Bertz CT molecular complexity index is 634. The minimum atomic E-state index is 0. The third-order valence-electron chi connectivity index (χ3n) is 3.51. The first-order valence-electron chi connectivity index (χ1n) is 8.38. The number of halogens is 1. The molecule has 1 heterocycles. The summed E-state index contributed by atoms with van der Waals surface area (Å²) < 4.78 is 5.74. The number of hydrogen-bond acceptors (Lipinski definition) is 3. The van der Waals surface area contributed by atoms with Crippen molar-refractivity contribution in [1.82, 2.24) is 15.6 Å². The van der Waals surface area contributed by atoms with Crippen molar-refractivity contribution in [3.05, 3.63) is 59.9 Å². The summed E-state index contributed by atoms with van der Waals surface area (Å²) >= 11 is 0. The number of hydrogen-bond donors (Lipinski definition) is 2. The maximum absolute atomic E-state index is 5.74. The van der Waals surface area contributed by atoms with Crippen LogP contribution in [0.25, 0.3) is 0 Å². The first-order chi connectivity index (χ1) is 11.8. The molecule has 2 rings (SSSR count). The fourth-order valence-corrected chi connectivity index (χ4v) is 2.16. The van der Waals surface area contributed by atoms with Gasteiger partial charge in [-0.25, -0.2) is 0 Å². The Kier molecular flexibility index (Phi) is 10.6. The molecule has 0 aliphatic heterocycles. The molecule has 0 amide bonds. The number of ether oxygens (including phenoxy) is 1. The topological polar surface area (TPSA) is 58.5 Å². The van der Waals surface area contributed by atoms with Crippen molar-refractivity contribution in [3.63, 3.8) is 0 Å². The zero-order valence-electron chi connectivity index (χ0n) is 14.9. The molecule has 0 spiro atoms. The number of benzene rings is 1. The van der Waals surface area contributed by atoms with E-state index in [9.17, 15) is 0 Å². The van der Waals surface area contributed by atoms with Crippen molar-refractivity contribution in [2.45, 2.75) is 32.9 Å². The summed E-state index contributed by atoms with van der Waals surface area (Å²) in [5.41, 5.74) is 2.14. The summed E-state index contributed by atoms with van der Waals surface area (Å²) in [6.07, 6.45) is 4.00. The third kappa shape index (κ3) is 8.20. The van der Waals surface area contributed by atoms with Crippen molar-refractivity contribution < 1.29 is 4.74 Å². The average molecular weight is 454 g/mol. The monoisotopic (exact) mass is 454 g/mol. The molecular formula is C19H27IN4O. The molecule has 0 saturated carbocycles. The van der Waals surface area contributed by atoms with Gasteiger partial charge in [-0.15, -0.1) is 24.0 Å². The van der Waals surface area contributed by atoms with Crippen LogP contribution in [-0.2, 0) is 13.1 Å². The van der Waals surface area contributed by atoms with Crippen LogP contribution in [0.2, 0.25) is 0 Å². The van der Waals surface area contributed by atoms with E-state index in [0.717, 1.165) is 42.4 Å². The Labute approximate surface area is 167 Å². The van der Waals surface area contributed by atoms with E-state index in [-0.39, 0.29) is 24.0 Å². The van der Waals surface area contributed by atoms with Crippen LogP contribution in [0.5, 0.6) is 5.75 Å². The number of rotatable bonds is 8. The fraction of sp³-hybridized carbons (Fsp3) is 0.368. The van der Waals surface area contributed by atoms with Crippen LogP contribution in [0.4, 0.5) is 0 Å². The lowest BCUT2D eigenvalue weighted by Gasteiger charge is -2.12. The molecule has 0 unspecified atom stereocenters. The van der Waals surface area contributed by atoms with Crippen LogP contribution in [0.1, 0.15) is 31.0 Å². The summed E-state index contributed by atoms with van der Waals surface area (Å²) in [6.45, 7) is 4.25. The number of nitrogens with zero attached hydrogens (tertiary/aromatic N) is 2. The Morgan fingerprint density at radius 1 is 1.12 bits per heavy atom. The normalized spacial score (nSPS) is 10.7.